The van der Waals surface area contributed by atoms with Gasteiger partial charge in [-0.25, -0.2) is 4.18 Å². The van der Waals surface area contributed by atoms with Crippen LogP contribution < -0.4 is 0 Å². The molecule has 3 saturated carbocycles. The predicted octanol–water partition coefficient (Wildman–Crippen LogP) is 4.42. The summed E-state index contributed by atoms with van der Waals surface area (Å²) in [7, 11) is -4.86. The molecule has 0 radical (unpaired) electrons. The van der Waals surface area contributed by atoms with Crippen LogP contribution in [0.1, 0.15) is 98.8 Å². The minimum Gasteiger partial charge on any atom is -0.393 e. The summed E-state index contributed by atoms with van der Waals surface area (Å²) in [5.74, 6) is 1.81. The maximum atomic E-state index is 12.3. The van der Waals surface area contributed by atoms with Gasteiger partial charge in [-0.1, -0.05) is 53.9 Å². The highest BCUT2D eigenvalue weighted by molar-refractivity contribution is 7.80. The van der Waals surface area contributed by atoms with Crippen molar-refractivity contribution < 1.29 is 32.5 Å². The standard InChI is InChI=1S/C27H46O7S/c1-17(2)7-6-8-18(3)20-9-10-21-22-15-23(34-35(31,32)33)27(30)16-19(28)11-12-25(27,5)26(22,29)14-13-24(20,21)4/h15,17-21,23,28-30H,6-14,16H2,1-5H3,(H,31,32,33)/t18-,19?,20-,21+,23?,24-,25-,26-,27?/m1/s1. The maximum Gasteiger partial charge on any atom is 0.398 e. The van der Waals surface area contributed by atoms with Crippen LogP contribution in [0, 0.1) is 34.5 Å². The van der Waals surface area contributed by atoms with Crippen molar-refractivity contribution in [2.45, 2.75) is 122 Å². The second-order valence-corrected chi connectivity index (χ2v) is 14.2. The molecule has 4 rings (SSSR count). The first-order chi connectivity index (χ1) is 16.1. The molecule has 35 heavy (non-hydrogen) atoms. The van der Waals surface area contributed by atoms with Gasteiger partial charge < -0.3 is 15.3 Å². The van der Waals surface area contributed by atoms with Crippen molar-refractivity contribution >= 4 is 10.4 Å². The molecule has 0 spiro atoms. The highest BCUT2D eigenvalue weighted by Gasteiger charge is 2.71. The number of fused-ring (bicyclic) bond motifs is 5. The Morgan fingerprint density at radius 1 is 1.06 bits per heavy atom. The summed E-state index contributed by atoms with van der Waals surface area (Å²) in [6, 6.07) is 0. The molecule has 0 aromatic rings. The molecule has 4 N–H and O–H groups in total. The highest BCUT2D eigenvalue weighted by Crippen LogP contribution is 2.69. The molecule has 3 unspecified atom stereocenters. The molecule has 202 valence electrons. The summed E-state index contributed by atoms with van der Waals surface area (Å²) in [6.45, 7) is 11.0. The van der Waals surface area contributed by atoms with Gasteiger partial charge in [0.05, 0.1) is 11.7 Å². The van der Waals surface area contributed by atoms with Gasteiger partial charge in [-0.3, -0.25) is 4.55 Å². The van der Waals surface area contributed by atoms with E-state index in [1.165, 1.54) is 19.3 Å². The van der Waals surface area contributed by atoms with Crippen molar-refractivity contribution in [1.82, 2.24) is 0 Å². The van der Waals surface area contributed by atoms with E-state index < -0.39 is 39.2 Å². The summed E-state index contributed by atoms with van der Waals surface area (Å²) in [4.78, 5) is 0. The van der Waals surface area contributed by atoms with Gasteiger partial charge in [0, 0.05) is 11.8 Å². The summed E-state index contributed by atoms with van der Waals surface area (Å²) in [5, 5.41) is 34.6. The fraction of sp³-hybridized carbons (Fsp3) is 0.926. The van der Waals surface area contributed by atoms with Crippen molar-refractivity contribution in [2.24, 2.45) is 34.5 Å². The topological polar surface area (TPSA) is 124 Å². The second kappa shape index (κ2) is 9.05. The van der Waals surface area contributed by atoms with E-state index in [2.05, 4.69) is 27.7 Å². The number of hydrogen-bond acceptors (Lipinski definition) is 6. The SMILES string of the molecule is CC(C)CCC[C@@H](C)[C@H]1CC[C@H]2C3=CC(OS(=O)(=O)O)C4(O)CC(O)CC[C@]4(C)[C@@]3(O)CC[C@]12C. The highest BCUT2D eigenvalue weighted by atomic mass is 32.3. The average molecular weight is 515 g/mol. The van der Waals surface area contributed by atoms with Gasteiger partial charge in [0.2, 0.25) is 0 Å². The Morgan fingerprint density at radius 3 is 2.37 bits per heavy atom. The van der Waals surface area contributed by atoms with Crippen molar-refractivity contribution in [3.05, 3.63) is 11.6 Å². The molecule has 3 fully saturated rings. The monoisotopic (exact) mass is 514 g/mol. The zero-order chi connectivity index (χ0) is 26.0. The molecule has 4 aliphatic carbocycles. The molecule has 0 bridgehead atoms. The second-order valence-electron chi connectivity index (χ2n) is 13.1. The van der Waals surface area contributed by atoms with Crippen LogP contribution in [0.4, 0.5) is 0 Å². The molecular weight excluding hydrogens is 468 g/mol. The zero-order valence-electron chi connectivity index (χ0n) is 22.0. The number of aliphatic hydroxyl groups excluding tert-OH is 1. The third kappa shape index (κ3) is 4.34. The van der Waals surface area contributed by atoms with E-state index >= 15 is 0 Å². The van der Waals surface area contributed by atoms with Crippen LogP contribution in [-0.2, 0) is 14.6 Å². The van der Waals surface area contributed by atoms with Crippen LogP contribution in [0.15, 0.2) is 11.6 Å². The summed E-state index contributed by atoms with van der Waals surface area (Å²) in [6.07, 6.45) is 6.89. The van der Waals surface area contributed by atoms with E-state index in [9.17, 15) is 28.3 Å². The fourth-order valence-electron chi connectivity index (χ4n) is 8.74. The van der Waals surface area contributed by atoms with E-state index in [1.54, 1.807) is 13.0 Å². The first kappa shape index (κ1) is 27.5. The predicted molar refractivity (Wildman–Crippen MR) is 134 cm³/mol. The van der Waals surface area contributed by atoms with Crippen molar-refractivity contribution in [3.8, 4) is 0 Å². The van der Waals surface area contributed by atoms with Crippen molar-refractivity contribution in [2.75, 3.05) is 0 Å². The third-order valence-corrected chi connectivity index (χ3v) is 11.3. The Hall–Kier alpha value is -0.510. The lowest BCUT2D eigenvalue weighted by Gasteiger charge is -2.66. The Morgan fingerprint density at radius 2 is 1.74 bits per heavy atom. The van der Waals surface area contributed by atoms with Gasteiger partial charge in [-0.2, -0.15) is 8.42 Å². The van der Waals surface area contributed by atoms with Crippen LogP contribution in [0.5, 0.6) is 0 Å². The van der Waals surface area contributed by atoms with Gasteiger partial charge in [0.25, 0.3) is 0 Å². The van der Waals surface area contributed by atoms with E-state index in [-0.39, 0.29) is 17.8 Å². The normalized spacial score (nSPS) is 46.5. The summed E-state index contributed by atoms with van der Waals surface area (Å²) in [5.41, 5.74) is -3.52. The molecule has 0 aliphatic heterocycles. The Labute approximate surface area is 211 Å². The fourth-order valence-corrected chi connectivity index (χ4v) is 9.22. The number of aliphatic hydroxyl groups is 3. The van der Waals surface area contributed by atoms with Crippen LogP contribution >= 0.6 is 0 Å². The zero-order valence-corrected chi connectivity index (χ0v) is 22.9. The minimum atomic E-state index is -4.86. The lowest BCUT2D eigenvalue weighted by Crippen LogP contribution is -2.73. The molecule has 0 amide bonds. The molecule has 4 aliphatic rings. The molecule has 8 heteroatoms. The first-order valence-electron chi connectivity index (χ1n) is 13.6. The summed E-state index contributed by atoms with van der Waals surface area (Å²) < 4.78 is 38.2. The molecular formula is C27H46O7S. The maximum absolute atomic E-state index is 12.3. The molecule has 0 saturated heterocycles. The first-order valence-corrected chi connectivity index (χ1v) is 14.9. The van der Waals surface area contributed by atoms with Crippen LogP contribution in [-0.4, -0.2) is 51.7 Å². The molecule has 0 aromatic carbocycles. The van der Waals surface area contributed by atoms with Crippen LogP contribution in [0.2, 0.25) is 0 Å². The van der Waals surface area contributed by atoms with E-state index in [1.807, 2.05) is 0 Å². The van der Waals surface area contributed by atoms with Gasteiger partial charge >= 0.3 is 10.4 Å². The van der Waals surface area contributed by atoms with Crippen molar-refractivity contribution in [1.29, 1.82) is 0 Å². The molecule has 0 aromatic heterocycles. The van der Waals surface area contributed by atoms with E-state index in [0.717, 1.165) is 24.8 Å². The smallest absolute Gasteiger partial charge is 0.393 e. The van der Waals surface area contributed by atoms with Gasteiger partial charge in [-0.15, -0.1) is 0 Å². The lowest BCUT2D eigenvalue weighted by molar-refractivity contribution is -0.255. The number of rotatable bonds is 7. The van der Waals surface area contributed by atoms with Crippen LogP contribution in [0.3, 0.4) is 0 Å². The molecule has 9 atom stereocenters. The average Bonchev–Trinajstić information content (AvgIpc) is 3.08. The largest absolute Gasteiger partial charge is 0.398 e. The Bertz CT molecular complexity index is 947. The van der Waals surface area contributed by atoms with Crippen molar-refractivity contribution in [3.63, 3.8) is 0 Å². The Balaban J connectivity index is 1.72. The Kier molecular flexibility index (Phi) is 7.12. The third-order valence-electron chi connectivity index (χ3n) is 10.8. The lowest BCUT2D eigenvalue weighted by atomic mass is 9.43. The molecule has 7 nitrogen and oxygen atoms in total. The summed E-state index contributed by atoms with van der Waals surface area (Å²) >= 11 is 0. The van der Waals surface area contributed by atoms with E-state index in [4.69, 9.17) is 4.18 Å². The van der Waals surface area contributed by atoms with Gasteiger partial charge in [-0.05, 0) is 79.3 Å². The molecule has 0 heterocycles. The van der Waals surface area contributed by atoms with Gasteiger partial charge in [0.1, 0.15) is 11.7 Å². The van der Waals surface area contributed by atoms with Gasteiger partial charge in [0.15, 0.2) is 0 Å². The number of hydrogen-bond donors (Lipinski definition) is 4. The quantitative estimate of drug-likeness (QED) is 0.293. The minimum absolute atomic E-state index is 0.0298. The van der Waals surface area contributed by atoms with Crippen LogP contribution in [0.25, 0.3) is 0 Å². The van der Waals surface area contributed by atoms with E-state index in [0.29, 0.717) is 37.0 Å².